The molecule has 0 aliphatic carbocycles. The van der Waals surface area contributed by atoms with Gasteiger partial charge in [-0.3, -0.25) is 4.79 Å². The first-order valence-electron chi connectivity index (χ1n) is 5.69. The normalized spacial score (nSPS) is 10.5. The van der Waals surface area contributed by atoms with Gasteiger partial charge in [-0.1, -0.05) is 11.3 Å². The summed E-state index contributed by atoms with van der Waals surface area (Å²) in [5, 5.41) is 0.720. The Balaban J connectivity index is 2.14. The first kappa shape index (κ1) is 13.4. The van der Waals surface area contributed by atoms with Crippen molar-refractivity contribution in [2.75, 3.05) is 31.8 Å². The van der Waals surface area contributed by atoms with Gasteiger partial charge in [-0.05, 0) is 6.07 Å². The number of carbonyl (C=O) groups excluding carboxylic acids is 1. The van der Waals surface area contributed by atoms with E-state index in [-0.39, 0.29) is 11.7 Å². The van der Waals surface area contributed by atoms with Crippen LogP contribution >= 0.6 is 11.3 Å². The number of rotatable bonds is 4. The van der Waals surface area contributed by atoms with Crippen LogP contribution in [0.4, 0.5) is 10.9 Å². The van der Waals surface area contributed by atoms with Crippen molar-refractivity contribution in [3.8, 4) is 0 Å². The molecule has 2 aromatic rings. The van der Waals surface area contributed by atoms with E-state index >= 15 is 0 Å². The maximum absolute atomic E-state index is 12.3. The van der Waals surface area contributed by atoms with Crippen molar-refractivity contribution < 1.29 is 9.21 Å². The van der Waals surface area contributed by atoms with E-state index in [0.717, 1.165) is 10.7 Å². The number of aromatic nitrogens is 1. The fourth-order valence-corrected chi connectivity index (χ4v) is 2.47. The minimum absolute atomic E-state index is 0.135. The largest absolute Gasteiger partial charge is 0.472 e. The van der Waals surface area contributed by atoms with Gasteiger partial charge in [0.2, 0.25) is 0 Å². The lowest BCUT2D eigenvalue weighted by molar-refractivity contribution is 0.0790. The number of carbonyl (C=O) groups is 1. The Morgan fingerprint density at radius 1 is 1.47 bits per heavy atom. The van der Waals surface area contributed by atoms with Crippen molar-refractivity contribution in [2.24, 2.45) is 0 Å². The van der Waals surface area contributed by atoms with E-state index in [1.54, 1.807) is 24.5 Å². The lowest BCUT2D eigenvalue weighted by Gasteiger charge is -2.15. The van der Waals surface area contributed by atoms with E-state index < -0.39 is 0 Å². The molecule has 2 heterocycles. The third-order valence-corrected chi connectivity index (χ3v) is 3.79. The monoisotopic (exact) mass is 280 g/mol. The molecule has 0 spiro atoms. The van der Waals surface area contributed by atoms with Gasteiger partial charge in [0.05, 0.1) is 12.5 Å². The van der Waals surface area contributed by atoms with Crippen molar-refractivity contribution in [2.45, 2.75) is 6.54 Å². The van der Waals surface area contributed by atoms with Gasteiger partial charge in [0, 0.05) is 33.3 Å². The summed E-state index contributed by atoms with van der Waals surface area (Å²) in [5.41, 5.74) is 6.73. The third-order valence-electron chi connectivity index (χ3n) is 2.57. The SMILES string of the molecule is CN(Cc1ccoc1)C(=O)c1sc(N(C)C)nc1N. The highest BCUT2D eigenvalue weighted by atomic mass is 32.1. The molecule has 6 nitrogen and oxygen atoms in total. The number of furan rings is 1. The molecule has 0 unspecified atom stereocenters. The summed E-state index contributed by atoms with van der Waals surface area (Å²) in [6, 6.07) is 1.82. The molecule has 7 heteroatoms. The Hall–Kier alpha value is -2.02. The second-order valence-corrected chi connectivity index (χ2v) is 5.38. The van der Waals surface area contributed by atoms with E-state index in [1.807, 2.05) is 25.1 Å². The molecule has 0 bridgehead atoms. The zero-order valence-corrected chi connectivity index (χ0v) is 11.9. The summed E-state index contributed by atoms with van der Waals surface area (Å²) in [6.45, 7) is 0.476. The van der Waals surface area contributed by atoms with Gasteiger partial charge >= 0.3 is 0 Å². The van der Waals surface area contributed by atoms with E-state index in [9.17, 15) is 4.79 Å². The summed E-state index contributed by atoms with van der Waals surface area (Å²) in [6.07, 6.45) is 3.20. The van der Waals surface area contributed by atoms with Gasteiger partial charge in [0.1, 0.15) is 10.7 Å². The Labute approximate surface area is 115 Å². The van der Waals surface area contributed by atoms with Gasteiger partial charge < -0.3 is 20.0 Å². The Morgan fingerprint density at radius 2 is 2.21 bits per heavy atom. The highest BCUT2D eigenvalue weighted by Crippen LogP contribution is 2.28. The quantitative estimate of drug-likeness (QED) is 0.921. The molecular formula is C12H16N4O2S. The predicted octanol–water partition coefficient (Wildman–Crippen LogP) is 1.66. The van der Waals surface area contributed by atoms with Crippen LogP contribution in [-0.2, 0) is 6.54 Å². The number of nitrogen functional groups attached to an aromatic ring is 1. The van der Waals surface area contributed by atoms with Crippen molar-refractivity contribution in [1.82, 2.24) is 9.88 Å². The summed E-state index contributed by atoms with van der Waals surface area (Å²) in [7, 11) is 5.45. The smallest absolute Gasteiger partial charge is 0.267 e. The molecule has 1 amide bonds. The molecule has 2 aromatic heterocycles. The van der Waals surface area contributed by atoms with Crippen LogP contribution < -0.4 is 10.6 Å². The summed E-state index contributed by atoms with van der Waals surface area (Å²) >= 11 is 1.29. The van der Waals surface area contributed by atoms with Crippen LogP contribution in [0, 0.1) is 0 Å². The first-order chi connectivity index (χ1) is 8.99. The molecule has 102 valence electrons. The minimum atomic E-state index is -0.135. The second-order valence-electron chi connectivity index (χ2n) is 4.40. The average molecular weight is 280 g/mol. The molecule has 0 atom stereocenters. The molecule has 2 N–H and O–H groups in total. The van der Waals surface area contributed by atoms with E-state index in [0.29, 0.717) is 11.4 Å². The highest BCUT2D eigenvalue weighted by molar-refractivity contribution is 7.18. The molecule has 0 aliphatic heterocycles. The van der Waals surface area contributed by atoms with E-state index in [2.05, 4.69) is 4.98 Å². The van der Waals surface area contributed by atoms with E-state index in [1.165, 1.54) is 11.3 Å². The zero-order chi connectivity index (χ0) is 14.0. The average Bonchev–Trinajstić information content (AvgIpc) is 2.97. The third kappa shape index (κ3) is 2.87. The molecule has 0 radical (unpaired) electrons. The number of thiazole rings is 1. The lowest BCUT2D eigenvalue weighted by atomic mass is 10.3. The number of anilines is 2. The number of amides is 1. The van der Waals surface area contributed by atoms with Crippen LogP contribution in [0.15, 0.2) is 23.0 Å². The fraction of sp³-hybridized carbons (Fsp3) is 0.333. The zero-order valence-electron chi connectivity index (χ0n) is 11.1. The minimum Gasteiger partial charge on any atom is -0.472 e. The van der Waals surface area contributed by atoms with Crippen LogP contribution in [0.5, 0.6) is 0 Å². The topological polar surface area (TPSA) is 75.6 Å². The van der Waals surface area contributed by atoms with Crippen molar-refractivity contribution in [3.05, 3.63) is 29.0 Å². The maximum atomic E-state index is 12.3. The number of nitrogens with two attached hydrogens (primary N) is 1. The molecular weight excluding hydrogens is 264 g/mol. The first-order valence-corrected chi connectivity index (χ1v) is 6.51. The van der Waals surface area contributed by atoms with Gasteiger partial charge in [-0.15, -0.1) is 0 Å². The van der Waals surface area contributed by atoms with Gasteiger partial charge in [-0.25, -0.2) is 4.98 Å². The van der Waals surface area contributed by atoms with Crippen LogP contribution in [0.1, 0.15) is 15.2 Å². The van der Waals surface area contributed by atoms with Crippen molar-refractivity contribution in [1.29, 1.82) is 0 Å². The fourth-order valence-electron chi connectivity index (χ4n) is 1.57. The standard InChI is InChI=1S/C12H16N4O2S/c1-15(2)12-14-10(13)9(19-12)11(17)16(3)6-8-4-5-18-7-8/h4-5,7H,6,13H2,1-3H3. The molecule has 0 aromatic carbocycles. The van der Waals surface area contributed by atoms with Gasteiger partial charge in [0.25, 0.3) is 5.91 Å². The molecule has 2 rings (SSSR count). The Kier molecular flexibility index (Phi) is 3.75. The highest BCUT2D eigenvalue weighted by Gasteiger charge is 2.20. The molecule has 0 aliphatic rings. The number of hydrogen-bond acceptors (Lipinski definition) is 6. The van der Waals surface area contributed by atoms with Crippen LogP contribution in [-0.4, -0.2) is 36.9 Å². The summed E-state index contributed by atoms with van der Waals surface area (Å²) in [5.74, 6) is 0.141. The van der Waals surface area contributed by atoms with Gasteiger partial charge in [-0.2, -0.15) is 0 Å². The summed E-state index contributed by atoms with van der Waals surface area (Å²) in [4.78, 5) is 20.3. The predicted molar refractivity (Wildman–Crippen MR) is 75.4 cm³/mol. The number of hydrogen-bond donors (Lipinski definition) is 1. The number of nitrogens with zero attached hydrogens (tertiary/aromatic N) is 3. The molecule has 19 heavy (non-hydrogen) atoms. The molecule has 0 fully saturated rings. The van der Waals surface area contributed by atoms with Crippen LogP contribution in [0.25, 0.3) is 0 Å². The Bertz CT molecular complexity index is 562. The Morgan fingerprint density at radius 3 is 2.74 bits per heavy atom. The van der Waals surface area contributed by atoms with Gasteiger partial charge in [0.15, 0.2) is 5.13 Å². The molecule has 0 saturated heterocycles. The van der Waals surface area contributed by atoms with Crippen molar-refractivity contribution >= 4 is 28.2 Å². The van der Waals surface area contributed by atoms with Crippen LogP contribution in [0.3, 0.4) is 0 Å². The lowest BCUT2D eigenvalue weighted by Crippen LogP contribution is -2.25. The molecule has 0 saturated carbocycles. The van der Waals surface area contributed by atoms with Crippen LogP contribution in [0.2, 0.25) is 0 Å². The van der Waals surface area contributed by atoms with Crippen molar-refractivity contribution in [3.63, 3.8) is 0 Å². The second kappa shape index (κ2) is 5.31. The maximum Gasteiger partial charge on any atom is 0.267 e. The summed E-state index contributed by atoms with van der Waals surface area (Å²) < 4.78 is 4.98. The van der Waals surface area contributed by atoms with E-state index in [4.69, 9.17) is 10.2 Å².